The number of benzene rings is 5. The number of ether oxygens (including phenoxy) is 2. The Hall–Kier alpha value is -5.86. The molecule has 3 aliphatic rings. The van der Waals surface area contributed by atoms with Gasteiger partial charge in [-0.1, -0.05) is 90.5 Å². The Morgan fingerprint density at radius 2 is 1.42 bits per heavy atom. The minimum Gasteiger partial charge on any atom is -0.490 e. The molecule has 3 aliphatic heterocycles. The number of barbiturate groups is 1. The average Bonchev–Trinajstić information content (AvgIpc) is 3.17. The topological polar surface area (TPSA) is 88.2 Å². The Morgan fingerprint density at radius 1 is 0.755 bits per heavy atom. The van der Waals surface area contributed by atoms with Gasteiger partial charge in [0.1, 0.15) is 12.2 Å². The normalized spacial score (nSPS) is 18.8. The maximum absolute atomic E-state index is 14.4. The highest BCUT2D eigenvalue weighted by Crippen LogP contribution is 2.50. The molecule has 0 aliphatic carbocycles. The van der Waals surface area contributed by atoms with Crippen molar-refractivity contribution >= 4 is 46.9 Å². The van der Waals surface area contributed by atoms with Crippen molar-refractivity contribution in [3.05, 3.63) is 159 Å². The molecule has 0 unspecified atom stereocenters. The number of hydrogen-bond acceptors (Lipinski definition) is 6. The second kappa shape index (κ2) is 14.6. The number of carbonyl (C=O) groups is 3. The summed E-state index contributed by atoms with van der Waals surface area (Å²) in [7, 11) is 0. The van der Waals surface area contributed by atoms with Crippen LogP contribution >= 0.6 is 11.6 Å². The SMILES string of the molecule is CCOc1cc(/C=C2\C(=O)NC(=O)N(c3cc4c5c(c3)[C@@H](c3ccccc3)CCN5CC[C@@H]4c3ccccc3)C2=O)ccc1OCc1cccc(Cl)c1. The Morgan fingerprint density at radius 3 is 2.04 bits per heavy atom. The van der Waals surface area contributed by atoms with Crippen LogP contribution < -0.4 is 24.6 Å². The first kappa shape index (κ1) is 34.2. The second-order valence-corrected chi connectivity index (χ2v) is 13.9. The Balaban J connectivity index is 1.17. The van der Waals surface area contributed by atoms with Gasteiger partial charge in [-0.15, -0.1) is 0 Å². The molecule has 0 saturated carbocycles. The predicted octanol–water partition coefficient (Wildman–Crippen LogP) is 8.86. The number of halogens is 1. The Kier molecular flexibility index (Phi) is 9.46. The van der Waals surface area contributed by atoms with Crippen LogP contribution in [0.1, 0.15) is 65.0 Å². The van der Waals surface area contributed by atoms with Gasteiger partial charge in [0.2, 0.25) is 0 Å². The van der Waals surface area contributed by atoms with E-state index < -0.39 is 17.8 Å². The van der Waals surface area contributed by atoms with Crippen molar-refractivity contribution < 1.29 is 23.9 Å². The van der Waals surface area contributed by atoms with Crippen LogP contribution in [0.4, 0.5) is 16.2 Å². The number of nitrogens with zero attached hydrogens (tertiary/aromatic N) is 2. The van der Waals surface area contributed by atoms with E-state index in [1.165, 1.54) is 22.9 Å². The van der Waals surface area contributed by atoms with Crippen molar-refractivity contribution in [3.63, 3.8) is 0 Å². The number of anilines is 2. The van der Waals surface area contributed by atoms with E-state index in [0.29, 0.717) is 34.4 Å². The number of rotatable bonds is 9. The average molecular weight is 724 g/mol. The summed E-state index contributed by atoms with van der Waals surface area (Å²) in [5, 5.41) is 3.05. The molecular formula is C44H38ClN3O5. The first-order valence-corrected chi connectivity index (χ1v) is 18.3. The molecule has 5 aromatic rings. The summed E-state index contributed by atoms with van der Waals surface area (Å²) in [5.74, 6) is -0.342. The highest BCUT2D eigenvalue weighted by Gasteiger charge is 2.40. The van der Waals surface area contributed by atoms with Crippen molar-refractivity contribution in [1.82, 2.24) is 5.32 Å². The second-order valence-electron chi connectivity index (χ2n) is 13.5. The fourth-order valence-corrected chi connectivity index (χ4v) is 8.03. The molecule has 0 radical (unpaired) electrons. The third-order valence-corrected chi connectivity index (χ3v) is 10.5. The van der Waals surface area contributed by atoms with Gasteiger partial charge < -0.3 is 14.4 Å². The van der Waals surface area contributed by atoms with Crippen LogP contribution in [0.3, 0.4) is 0 Å². The van der Waals surface area contributed by atoms with Gasteiger partial charge in [-0.2, -0.15) is 0 Å². The summed E-state index contributed by atoms with van der Waals surface area (Å²) in [6, 6.07) is 36.5. The summed E-state index contributed by atoms with van der Waals surface area (Å²) >= 11 is 6.15. The fourth-order valence-electron chi connectivity index (χ4n) is 7.82. The largest absolute Gasteiger partial charge is 0.490 e. The van der Waals surface area contributed by atoms with Crippen LogP contribution in [-0.2, 0) is 16.2 Å². The molecule has 53 heavy (non-hydrogen) atoms. The molecule has 3 heterocycles. The van der Waals surface area contributed by atoms with Gasteiger partial charge in [0.15, 0.2) is 11.5 Å². The summed E-state index contributed by atoms with van der Waals surface area (Å²) in [6.07, 6.45) is 3.30. The molecule has 8 rings (SSSR count). The van der Waals surface area contributed by atoms with Gasteiger partial charge in [-0.05, 0) is 95.6 Å². The molecular weight excluding hydrogens is 686 g/mol. The zero-order valence-electron chi connectivity index (χ0n) is 29.3. The van der Waals surface area contributed by atoms with Crippen molar-refractivity contribution in [2.75, 3.05) is 29.5 Å². The lowest BCUT2D eigenvalue weighted by molar-refractivity contribution is -0.122. The van der Waals surface area contributed by atoms with E-state index in [1.807, 2.05) is 73.7 Å². The van der Waals surface area contributed by atoms with Gasteiger partial charge in [-0.3, -0.25) is 14.9 Å². The van der Waals surface area contributed by atoms with Gasteiger partial charge >= 0.3 is 6.03 Å². The van der Waals surface area contributed by atoms with E-state index in [9.17, 15) is 14.4 Å². The van der Waals surface area contributed by atoms with E-state index in [1.54, 1.807) is 24.3 Å². The van der Waals surface area contributed by atoms with E-state index >= 15 is 0 Å². The maximum Gasteiger partial charge on any atom is 0.335 e. The van der Waals surface area contributed by atoms with Crippen molar-refractivity contribution in [2.45, 2.75) is 38.2 Å². The van der Waals surface area contributed by atoms with Gasteiger partial charge in [0.25, 0.3) is 11.8 Å². The smallest absolute Gasteiger partial charge is 0.335 e. The zero-order valence-corrected chi connectivity index (χ0v) is 30.0. The molecule has 4 amide bonds. The Bertz CT molecular complexity index is 2170. The number of nitrogens with one attached hydrogen (secondary N) is 1. The van der Waals surface area contributed by atoms with E-state index in [-0.39, 0.29) is 24.0 Å². The van der Waals surface area contributed by atoms with Crippen molar-refractivity contribution in [1.29, 1.82) is 0 Å². The summed E-state index contributed by atoms with van der Waals surface area (Å²) < 4.78 is 12.0. The minimum atomic E-state index is -0.778. The minimum absolute atomic E-state index is 0.0758. The molecule has 1 saturated heterocycles. The number of carbonyl (C=O) groups excluding carboxylic acids is 3. The first-order valence-electron chi connectivity index (χ1n) is 18.0. The van der Waals surface area contributed by atoms with E-state index in [2.05, 4.69) is 34.5 Å². The summed E-state index contributed by atoms with van der Waals surface area (Å²) in [6.45, 7) is 4.35. The quantitative estimate of drug-likeness (QED) is 0.121. The molecule has 2 atom stereocenters. The van der Waals surface area contributed by atoms with E-state index in [0.717, 1.165) is 47.5 Å². The molecule has 0 spiro atoms. The Labute approximate surface area is 313 Å². The third kappa shape index (κ3) is 6.78. The first-order chi connectivity index (χ1) is 25.9. The third-order valence-electron chi connectivity index (χ3n) is 10.2. The lowest BCUT2D eigenvalue weighted by Crippen LogP contribution is -2.54. The molecule has 0 aromatic heterocycles. The number of hydrogen-bond donors (Lipinski definition) is 1. The predicted molar refractivity (Wildman–Crippen MR) is 207 cm³/mol. The molecule has 8 nitrogen and oxygen atoms in total. The van der Waals surface area contributed by atoms with E-state index in [4.69, 9.17) is 21.1 Å². The summed E-state index contributed by atoms with van der Waals surface area (Å²) in [5.41, 5.74) is 7.41. The standard InChI is InChI=1S/C44H38ClN3O5/c1-2-52-40-24-28(16-17-39(40)53-27-29-10-9-15-32(45)22-29)23-38-42(49)46-44(51)48(43(38)50)33-25-36-34(30-11-5-3-6-12-30)18-20-47-21-19-35(37(26-33)41(36)47)31-13-7-4-8-14-31/h3-17,22-26,34-35H,2,18-21,27H2,1H3,(H,46,49,51)/b38-23+/t34-,35-/m1/s1. The van der Waals surface area contributed by atoms with Crippen LogP contribution in [0.2, 0.25) is 5.02 Å². The number of amides is 4. The molecule has 9 heteroatoms. The lowest BCUT2D eigenvalue weighted by Gasteiger charge is -2.44. The van der Waals surface area contributed by atoms with Crippen LogP contribution in [0.5, 0.6) is 11.5 Å². The monoisotopic (exact) mass is 723 g/mol. The van der Waals surface area contributed by atoms with Crippen molar-refractivity contribution in [3.8, 4) is 11.5 Å². The molecule has 0 bridgehead atoms. The van der Waals surface area contributed by atoms with Gasteiger partial charge in [0, 0.05) is 35.6 Å². The van der Waals surface area contributed by atoms with Crippen molar-refractivity contribution in [2.24, 2.45) is 0 Å². The van der Waals surface area contributed by atoms with Gasteiger partial charge in [-0.25, -0.2) is 9.69 Å². The highest BCUT2D eigenvalue weighted by molar-refractivity contribution is 6.39. The fraction of sp³-hybridized carbons (Fsp3) is 0.205. The lowest BCUT2D eigenvalue weighted by atomic mass is 9.76. The highest BCUT2D eigenvalue weighted by atomic mass is 35.5. The van der Waals surface area contributed by atoms with Crippen LogP contribution in [0.25, 0.3) is 6.08 Å². The number of imide groups is 2. The molecule has 5 aromatic carbocycles. The zero-order chi connectivity index (χ0) is 36.5. The summed E-state index contributed by atoms with van der Waals surface area (Å²) in [4.78, 5) is 44.9. The van der Waals surface area contributed by atoms with Crippen LogP contribution in [0, 0.1) is 0 Å². The number of urea groups is 1. The van der Waals surface area contributed by atoms with Gasteiger partial charge in [0.05, 0.1) is 12.3 Å². The molecule has 1 fully saturated rings. The molecule has 1 N–H and O–H groups in total. The molecule has 266 valence electrons. The van der Waals surface area contributed by atoms with Crippen LogP contribution in [-0.4, -0.2) is 37.5 Å². The maximum atomic E-state index is 14.4. The van der Waals surface area contributed by atoms with Crippen LogP contribution in [0.15, 0.2) is 121 Å².